The van der Waals surface area contributed by atoms with Gasteiger partial charge in [0, 0.05) is 64.1 Å². The zero-order valence-electron chi connectivity index (χ0n) is 19.4. The van der Waals surface area contributed by atoms with E-state index in [1.807, 2.05) is 23.7 Å². The van der Waals surface area contributed by atoms with E-state index < -0.39 is 11.7 Å². The van der Waals surface area contributed by atoms with Gasteiger partial charge in [-0.25, -0.2) is 4.68 Å². The minimum Gasteiger partial charge on any atom is -0.379 e. The van der Waals surface area contributed by atoms with Gasteiger partial charge in [0.05, 0.1) is 24.5 Å². The molecule has 2 aliphatic rings. The number of morpholine rings is 1. The summed E-state index contributed by atoms with van der Waals surface area (Å²) in [5.41, 5.74) is 1.21. The van der Waals surface area contributed by atoms with Crippen LogP contribution >= 0.6 is 0 Å². The van der Waals surface area contributed by atoms with Crippen molar-refractivity contribution in [1.29, 1.82) is 0 Å². The first-order chi connectivity index (χ1) is 16.4. The third-order valence-corrected chi connectivity index (χ3v) is 6.80. The Kier molecular flexibility index (Phi) is 6.50. The van der Waals surface area contributed by atoms with Gasteiger partial charge in [-0.3, -0.25) is 9.80 Å². The number of alkyl halides is 3. The highest BCUT2D eigenvalue weighted by Gasteiger charge is 2.30. The standard InChI is InChI=1S/C25H30F3N5O/c1-19-16-24(32-10-8-30(9-11-32)6-7-31-12-14-34-15-13-31)29-33(19)23-5-3-20-17-22(25(26,27)28)4-2-21(20)18-23/h2-5,16-18H,6-15H2,1H3. The van der Waals surface area contributed by atoms with Crippen LogP contribution in [0.15, 0.2) is 42.5 Å². The fraction of sp³-hybridized carbons (Fsp3) is 0.480. The van der Waals surface area contributed by atoms with Crippen molar-refractivity contribution >= 4 is 16.6 Å². The molecule has 0 N–H and O–H groups in total. The third kappa shape index (κ3) is 5.06. The molecule has 0 radical (unpaired) electrons. The maximum atomic E-state index is 13.0. The molecule has 2 aromatic carbocycles. The molecule has 182 valence electrons. The molecule has 9 heteroatoms. The van der Waals surface area contributed by atoms with Crippen LogP contribution in [-0.4, -0.2) is 85.2 Å². The third-order valence-electron chi connectivity index (χ3n) is 6.80. The maximum absolute atomic E-state index is 13.0. The summed E-state index contributed by atoms with van der Waals surface area (Å²) in [4.78, 5) is 7.29. The number of hydrogen-bond acceptors (Lipinski definition) is 5. The van der Waals surface area contributed by atoms with E-state index in [0.717, 1.165) is 94.2 Å². The lowest BCUT2D eigenvalue weighted by atomic mass is 10.1. The Morgan fingerprint density at radius 1 is 0.824 bits per heavy atom. The second-order valence-electron chi connectivity index (χ2n) is 9.08. The zero-order chi connectivity index (χ0) is 23.7. The highest BCUT2D eigenvalue weighted by molar-refractivity contribution is 5.85. The Bertz CT molecular complexity index is 1130. The number of hydrogen-bond donors (Lipinski definition) is 0. The van der Waals surface area contributed by atoms with Crippen molar-refractivity contribution in [1.82, 2.24) is 19.6 Å². The SMILES string of the molecule is Cc1cc(N2CCN(CCN3CCOCC3)CC2)nn1-c1ccc2cc(C(F)(F)F)ccc2c1. The lowest BCUT2D eigenvalue weighted by Gasteiger charge is -2.36. The Balaban J connectivity index is 1.24. The number of aryl methyl sites for hydroxylation is 1. The van der Waals surface area contributed by atoms with Crippen LogP contribution in [0, 0.1) is 6.92 Å². The van der Waals surface area contributed by atoms with Crippen LogP contribution in [0.4, 0.5) is 19.0 Å². The minimum atomic E-state index is -4.34. The first kappa shape index (κ1) is 23.1. The van der Waals surface area contributed by atoms with Crippen molar-refractivity contribution in [2.45, 2.75) is 13.1 Å². The number of fused-ring (bicyclic) bond motifs is 1. The summed E-state index contributed by atoms with van der Waals surface area (Å²) in [6.45, 7) is 11.8. The van der Waals surface area contributed by atoms with Crippen LogP contribution in [0.2, 0.25) is 0 Å². The summed E-state index contributed by atoms with van der Waals surface area (Å²) in [6.07, 6.45) is -4.34. The molecule has 0 spiro atoms. The molecule has 0 saturated carbocycles. The van der Waals surface area contributed by atoms with Gasteiger partial charge in [0.25, 0.3) is 0 Å². The van der Waals surface area contributed by atoms with Crippen molar-refractivity contribution in [2.24, 2.45) is 0 Å². The fourth-order valence-corrected chi connectivity index (χ4v) is 4.72. The molecule has 5 rings (SSSR count). The average molecular weight is 474 g/mol. The van der Waals surface area contributed by atoms with Crippen LogP contribution in [0.25, 0.3) is 16.5 Å². The van der Waals surface area contributed by atoms with Crippen LogP contribution in [0.3, 0.4) is 0 Å². The summed E-state index contributed by atoms with van der Waals surface area (Å²) < 4.78 is 46.3. The molecule has 34 heavy (non-hydrogen) atoms. The monoisotopic (exact) mass is 473 g/mol. The van der Waals surface area contributed by atoms with Crippen LogP contribution in [0.1, 0.15) is 11.3 Å². The van der Waals surface area contributed by atoms with Crippen LogP contribution in [0.5, 0.6) is 0 Å². The molecule has 0 bridgehead atoms. The van der Waals surface area contributed by atoms with E-state index in [1.165, 1.54) is 12.1 Å². The number of ether oxygens (including phenoxy) is 1. The highest BCUT2D eigenvalue weighted by atomic mass is 19.4. The number of halogens is 3. The van der Waals surface area contributed by atoms with E-state index in [0.29, 0.717) is 5.39 Å². The zero-order valence-corrected chi connectivity index (χ0v) is 19.4. The van der Waals surface area contributed by atoms with Gasteiger partial charge < -0.3 is 9.64 Å². The molecular weight excluding hydrogens is 443 g/mol. The van der Waals surface area contributed by atoms with Gasteiger partial charge in [-0.05, 0) is 42.0 Å². The number of benzene rings is 2. The summed E-state index contributed by atoms with van der Waals surface area (Å²) >= 11 is 0. The van der Waals surface area contributed by atoms with E-state index in [9.17, 15) is 13.2 Å². The fourth-order valence-electron chi connectivity index (χ4n) is 4.72. The van der Waals surface area contributed by atoms with Crippen molar-refractivity contribution in [2.75, 3.05) is 70.5 Å². The van der Waals surface area contributed by atoms with E-state index >= 15 is 0 Å². The Hall–Kier alpha value is -2.62. The van der Waals surface area contributed by atoms with Gasteiger partial charge in [0.15, 0.2) is 5.82 Å². The van der Waals surface area contributed by atoms with Crippen molar-refractivity contribution in [3.8, 4) is 5.69 Å². The van der Waals surface area contributed by atoms with Gasteiger partial charge in [-0.2, -0.15) is 18.3 Å². The number of aromatic nitrogens is 2. The van der Waals surface area contributed by atoms with Crippen molar-refractivity contribution in [3.63, 3.8) is 0 Å². The van der Waals surface area contributed by atoms with Gasteiger partial charge in [-0.1, -0.05) is 12.1 Å². The van der Waals surface area contributed by atoms with Crippen molar-refractivity contribution in [3.05, 3.63) is 53.7 Å². The van der Waals surface area contributed by atoms with Gasteiger partial charge >= 0.3 is 6.18 Å². The minimum absolute atomic E-state index is 0.566. The summed E-state index contributed by atoms with van der Waals surface area (Å²) in [6, 6.07) is 11.4. The Morgan fingerprint density at radius 2 is 1.47 bits per heavy atom. The average Bonchev–Trinajstić information content (AvgIpc) is 3.24. The summed E-state index contributed by atoms with van der Waals surface area (Å²) in [7, 11) is 0. The molecule has 3 heterocycles. The molecule has 0 atom stereocenters. The first-order valence-electron chi connectivity index (χ1n) is 11.8. The lowest BCUT2D eigenvalue weighted by molar-refractivity contribution is -0.137. The number of rotatable bonds is 5. The summed E-state index contributed by atoms with van der Waals surface area (Å²) in [5.74, 6) is 0.942. The predicted octanol–water partition coefficient (Wildman–Crippen LogP) is 3.81. The molecule has 0 aliphatic carbocycles. The van der Waals surface area contributed by atoms with Gasteiger partial charge in [0.2, 0.25) is 0 Å². The molecule has 0 amide bonds. The quantitative estimate of drug-likeness (QED) is 0.564. The number of anilines is 1. The van der Waals surface area contributed by atoms with E-state index in [2.05, 4.69) is 20.8 Å². The number of nitrogens with zero attached hydrogens (tertiary/aromatic N) is 5. The molecule has 1 aromatic heterocycles. The second-order valence-corrected chi connectivity index (χ2v) is 9.08. The van der Waals surface area contributed by atoms with Crippen LogP contribution < -0.4 is 4.90 Å². The predicted molar refractivity (Wildman–Crippen MR) is 127 cm³/mol. The highest BCUT2D eigenvalue weighted by Crippen LogP contribution is 2.32. The maximum Gasteiger partial charge on any atom is 0.416 e. The van der Waals surface area contributed by atoms with E-state index in [4.69, 9.17) is 9.84 Å². The molecular formula is C25H30F3N5O. The smallest absolute Gasteiger partial charge is 0.379 e. The second kappa shape index (κ2) is 9.56. The van der Waals surface area contributed by atoms with E-state index in [1.54, 1.807) is 6.07 Å². The number of piperazine rings is 1. The molecule has 3 aromatic rings. The molecule has 2 fully saturated rings. The van der Waals surface area contributed by atoms with Gasteiger partial charge in [-0.15, -0.1) is 0 Å². The van der Waals surface area contributed by atoms with Crippen molar-refractivity contribution < 1.29 is 17.9 Å². The molecule has 0 unspecified atom stereocenters. The lowest BCUT2D eigenvalue weighted by Crippen LogP contribution is -2.49. The molecule has 2 aliphatic heterocycles. The first-order valence-corrected chi connectivity index (χ1v) is 11.8. The largest absolute Gasteiger partial charge is 0.416 e. The normalized spacial score (nSPS) is 18.6. The molecule has 6 nitrogen and oxygen atoms in total. The Morgan fingerprint density at radius 3 is 2.18 bits per heavy atom. The van der Waals surface area contributed by atoms with Crippen LogP contribution in [-0.2, 0) is 10.9 Å². The topological polar surface area (TPSA) is 36.8 Å². The Labute approximate surface area is 197 Å². The molecule has 2 saturated heterocycles. The van der Waals surface area contributed by atoms with E-state index in [-0.39, 0.29) is 0 Å². The van der Waals surface area contributed by atoms with Gasteiger partial charge in [0.1, 0.15) is 0 Å². The summed E-state index contributed by atoms with van der Waals surface area (Å²) in [5, 5.41) is 6.16.